The summed E-state index contributed by atoms with van der Waals surface area (Å²) in [6.45, 7) is -0.458. The number of ketones is 1. The first kappa shape index (κ1) is 8.16. The quantitative estimate of drug-likeness (QED) is 0.350. The first-order valence-corrected chi connectivity index (χ1v) is 3.18. The first-order valence-electron chi connectivity index (χ1n) is 3.18. The molecule has 2 atom stereocenters. The summed E-state index contributed by atoms with van der Waals surface area (Å²) < 4.78 is 4.37. The van der Waals surface area contributed by atoms with Crippen LogP contribution in [0.2, 0.25) is 0 Å². The third-order valence-corrected chi connectivity index (χ3v) is 1.49. The number of esters is 1. The SMILES string of the molecule is O=C1C[C@H](O)[C@@H](CO)OC1=O. The fraction of sp³-hybridized carbons (Fsp3) is 0.667. The zero-order valence-electron chi connectivity index (χ0n) is 5.69. The van der Waals surface area contributed by atoms with Crippen molar-refractivity contribution in [2.24, 2.45) is 0 Å². The Morgan fingerprint density at radius 2 is 2.18 bits per heavy atom. The molecule has 0 aromatic rings. The Morgan fingerprint density at radius 1 is 1.55 bits per heavy atom. The fourth-order valence-corrected chi connectivity index (χ4v) is 0.845. The van der Waals surface area contributed by atoms with Gasteiger partial charge in [0, 0.05) is 6.42 Å². The number of hydrogen-bond acceptors (Lipinski definition) is 5. The lowest BCUT2D eigenvalue weighted by atomic mass is 10.1. The molecular formula is C6H8O5. The lowest BCUT2D eigenvalue weighted by Crippen LogP contribution is -2.44. The molecule has 0 radical (unpaired) electrons. The predicted octanol–water partition coefficient (Wildman–Crippen LogP) is -1.78. The Labute approximate surface area is 62.6 Å². The molecule has 0 amide bonds. The van der Waals surface area contributed by atoms with E-state index >= 15 is 0 Å². The summed E-state index contributed by atoms with van der Waals surface area (Å²) in [5, 5.41) is 17.5. The molecule has 1 aliphatic rings. The molecule has 0 bridgehead atoms. The van der Waals surface area contributed by atoms with Gasteiger partial charge < -0.3 is 14.9 Å². The van der Waals surface area contributed by atoms with Gasteiger partial charge in [-0.05, 0) is 0 Å². The van der Waals surface area contributed by atoms with Crippen molar-refractivity contribution in [3.05, 3.63) is 0 Å². The second kappa shape index (κ2) is 2.98. The highest BCUT2D eigenvalue weighted by Crippen LogP contribution is 2.11. The van der Waals surface area contributed by atoms with Crippen molar-refractivity contribution >= 4 is 11.8 Å². The van der Waals surface area contributed by atoms with Crippen LogP contribution in [0.1, 0.15) is 6.42 Å². The maximum absolute atomic E-state index is 10.5. The van der Waals surface area contributed by atoms with Gasteiger partial charge >= 0.3 is 5.97 Å². The van der Waals surface area contributed by atoms with E-state index < -0.39 is 30.6 Å². The van der Waals surface area contributed by atoms with Gasteiger partial charge in [0.2, 0.25) is 5.78 Å². The third-order valence-electron chi connectivity index (χ3n) is 1.49. The van der Waals surface area contributed by atoms with E-state index in [9.17, 15) is 9.59 Å². The Morgan fingerprint density at radius 3 is 2.73 bits per heavy atom. The normalized spacial score (nSPS) is 31.8. The number of aliphatic hydroxyl groups excluding tert-OH is 2. The highest BCUT2D eigenvalue weighted by Gasteiger charge is 2.34. The van der Waals surface area contributed by atoms with Crippen molar-refractivity contribution in [3.63, 3.8) is 0 Å². The molecule has 62 valence electrons. The molecule has 5 nitrogen and oxygen atoms in total. The average molecular weight is 160 g/mol. The molecule has 1 aliphatic heterocycles. The minimum atomic E-state index is -1.06. The Hall–Kier alpha value is -0.940. The summed E-state index contributed by atoms with van der Waals surface area (Å²) in [4.78, 5) is 21.1. The monoisotopic (exact) mass is 160 g/mol. The van der Waals surface area contributed by atoms with Gasteiger partial charge in [0.25, 0.3) is 0 Å². The van der Waals surface area contributed by atoms with Crippen LogP contribution in [0.5, 0.6) is 0 Å². The van der Waals surface area contributed by atoms with E-state index in [1.165, 1.54) is 0 Å². The number of carbonyl (C=O) groups excluding carboxylic acids is 2. The maximum Gasteiger partial charge on any atom is 0.375 e. The standard InChI is InChI=1S/C6H8O5/c7-2-5-3(8)1-4(9)6(10)11-5/h3,5,7-8H,1-2H2/t3-,5+/m0/s1. The predicted molar refractivity (Wildman–Crippen MR) is 32.6 cm³/mol. The minimum absolute atomic E-state index is 0.260. The van der Waals surface area contributed by atoms with Gasteiger partial charge in [-0.25, -0.2) is 4.79 Å². The van der Waals surface area contributed by atoms with Crippen LogP contribution < -0.4 is 0 Å². The molecule has 1 fully saturated rings. The summed E-state index contributed by atoms with van der Waals surface area (Å²) in [7, 11) is 0. The molecule has 0 aliphatic carbocycles. The largest absolute Gasteiger partial charge is 0.451 e. The number of Topliss-reactive ketones (excluding diaryl/α,β-unsaturated/α-hetero) is 1. The molecule has 0 spiro atoms. The molecule has 0 unspecified atom stereocenters. The van der Waals surface area contributed by atoms with E-state index in [4.69, 9.17) is 10.2 Å². The number of aliphatic hydroxyl groups is 2. The number of rotatable bonds is 1. The van der Waals surface area contributed by atoms with E-state index in [2.05, 4.69) is 4.74 Å². The van der Waals surface area contributed by atoms with Crippen molar-refractivity contribution in [2.75, 3.05) is 6.61 Å². The molecule has 0 aromatic carbocycles. The van der Waals surface area contributed by atoms with Crippen LogP contribution in [0.4, 0.5) is 0 Å². The zero-order chi connectivity index (χ0) is 8.43. The second-order valence-electron chi connectivity index (χ2n) is 2.32. The third kappa shape index (κ3) is 1.55. The minimum Gasteiger partial charge on any atom is -0.451 e. The van der Waals surface area contributed by atoms with Gasteiger partial charge in [0.15, 0.2) is 6.10 Å². The van der Waals surface area contributed by atoms with Crippen molar-refractivity contribution in [1.29, 1.82) is 0 Å². The summed E-state index contributed by atoms with van der Waals surface area (Å²) in [5.41, 5.74) is 0. The molecular weight excluding hydrogens is 152 g/mol. The molecule has 0 aromatic heterocycles. The van der Waals surface area contributed by atoms with E-state index in [-0.39, 0.29) is 6.42 Å². The van der Waals surface area contributed by atoms with Gasteiger partial charge in [-0.3, -0.25) is 4.79 Å². The summed E-state index contributed by atoms with van der Waals surface area (Å²) >= 11 is 0. The van der Waals surface area contributed by atoms with Gasteiger partial charge in [-0.2, -0.15) is 0 Å². The molecule has 2 N–H and O–H groups in total. The molecule has 5 heteroatoms. The lowest BCUT2D eigenvalue weighted by molar-refractivity contribution is -0.173. The number of carbonyl (C=O) groups is 2. The van der Waals surface area contributed by atoms with Crippen LogP contribution in [-0.4, -0.2) is 40.8 Å². The second-order valence-corrected chi connectivity index (χ2v) is 2.32. The van der Waals surface area contributed by atoms with Crippen molar-refractivity contribution < 1.29 is 24.5 Å². The Kier molecular flexibility index (Phi) is 2.21. The molecule has 1 rings (SSSR count). The van der Waals surface area contributed by atoms with Gasteiger partial charge in [0.1, 0.15) is 6.10 Å². The molecule has 11 heavy (non-hydrogen) atoms. The zero-order valence-corrected chi connectivity index (χ0v) is 5.69. The first-order chi connectivity index (χ1) is 5.15. The molecule has 1 heterocycles. The van der Waals surface area contributed by atoms with Crippen LogP contribution in [0, 0.1) is 0 Å². The van der Waals surface area contributed by atoms with Gasteiger partial charge in [-0.1, -0.05) is 0 Å². The van der Waals surface area contributed by atoms with Crippen molar-refractivity contribution in [3.8, 4) is 0 Å². The Bertz CT molecular complexity index is 187. The van der Waals surface area contributed by atoms with Gasteiger partial charge in [-0.15, -0.1) is 0 Å². The maximum atomic E-state index is 10.5. The summed E-state index contributed by atoms with van der Waals surface area (Å²) in [5.74, 6) is -1.73. The summed E-state index contributed by atoms with van der Waals surface area (Å²) in [6.07, 6.45) is -2.27. The van der Waals surface area contributed by atoms with Crippen LogP contribution in [-0.2, 0) is 14.3 Å². The number of ether oxygens (including phenoxy) is 1. The van der Waals surface area contributed by atoms with Crippen LogP contribution in [0.25, 0.3) is 0 Å². The van der Waals surface area contributed by atoms with Gasteiger partial charge in [0.05, 0.1) is 6.61 Å². The van der Waals surface area contributed by atoms with Crippen LogP contribution >= 0.6 is 0 Å². The van der Waals surface area contributed by atoms with Crippen molar-refractivity contribution in [2.45, 2.75) is 18.6 Å². The number of hydrogen-bond donors (Lipinski definition) is 2. The summed E-state index contributed by atoms with van der Waals surface area (Å²) in [6, 6.07) is 0. The smallest absolute Gasteiger partial charge is 0.375 e. The molecule has 0 saturated carbocycles. The van der Waals surface area contributed by atoms with E-state index in [0.29, 0.717) is 0 Å². The molecule has 1 saturated heterocycles. The average Bonchev–Trinajstić information content (AvgIpc) is 1.97. The highest BCUT2D eigenvalue weighted by atomic mass is 16.6. The lowest BCUT2D eigenvalue weighted by Gasteiger charge is -2.24. The van der Waals surface area contributed by atoms with E-state index in [1.54, 1.807) is 0 Å². The van der Waals surface area contributed by atoms with Crippen molar-refractivity contribution in [1.82, 2.24) is 0 Å². The van der Waals surface area contributed by atoms with E-state index in [0.717, 1.165) is 0 Å². The topological polar surface area (TPSA) is 83.8 Å². The van der Waals surface area contributed by atoms with E-state index in [1.807, 2.05) is 0 Å². The number of cyclic esters (lactones) is 1. The van der Waals surface area contributed by atoms with Crippen LogP contribution in [0.3, 0.4) is 0 Å². The highest BCUT2D eigenvalue weighted by molar-refractivity contribution is 6.34. The van der Waals surface area contributed by atoms with Crippen LogP contribution in [0.15, 0.2) is 0 Å². The fourth-order valence-electron chi connectivity index (χ4n) is 0.845. The Balaban J connectivity index is 2.62.